The highest BCUT2D eigenvalue weighted by atomic mass is 35.5. The van der Waals surface area contributed by atoms with Gasteiger partial charge in [0.05, 0.1) is 25.9 Å². The molecule has 184 valence electrons. The first-order valence-electron chi connectivity index (χ1n) is 11.0. The Hall–Kier alpha value is -2.28. The molecule has 0 radical (unpaired) electrons. The zero-order valence-electron chi connectivity index (χ0n) is 19.9. The Labute approximate surface area is 215 Å². The maximum absolute atomic E-state index is 11.4. The minimum atomic E-state index is -0.703. The first kappa shape index (κ1) is 28.0. The lowest BCUT2D eigenvalue weighted by Gasteiger charge is -2.51. The quantitative estimate of drug-likeness (QED) is 0.501. The van der Waals surface area contributed by atoms with Gasteiger partial charge in [0.2, 0.25) is 0 Å². The van der Waals surface area contributed by atoms with E-state index in [2.05, 4.69) is 77.5 Å². The number of β-amino-alcohol motifs (C(OH)–C–C–N with tert-alkyl or cyclic N) is 1. The van der Waals surface area contributed by atoms with Gasteiger partial charge in [-0.1, -0.05) is 60.7 Å². The molecule has 34 heavy (non-hydrogen) atoms. The molecular weight excluding hydrogens is 471 g/mol. The van der Waals surface area contributed by atoms with Crippen LogP contribution >= 0.6 is 24.8 Å². The summed E-state index contributed by atoms with van der Waals surface area (Å²) in [4.78, 5) is 4.79. The number of aliphatic hydroxyl groups excluding tert-OH is 1. The number of hydrogen-bond acceptors (Lipinski definition) is 5. The van der Waals surface area contributed by atoms with Crippen molar-refractivity contribution >= 4 is 24.8 Å². The van der Waals surface area contributed by atoms with Gasteiger partial charge in [0, 0.05) is 37.8 Å². The molecule has 0 aromatic heterocycles. The van der Waals surface area contributed by atoms with Crippen LogP contribution in [0.1, 0.15) is 22.8 Å². The fraction of sp³-hybridized carbons (Fsp3) is 0.333. The minimum absolute atomic E-state index is 0. The molecule has 1 fully saturated rings. The van der Waals surface area contributed by atoms with Crippen LogP contribution in [0.15, 0.2) is 78.9 Å². The molecule has 3 aromatic rings. The lowest BCUT2D eigenvalue weighted by molar-refractivity contribution is -0.00387. The van der Waals surface area contributed by atoms with Crippen LogP contribution in [0.4, 0.5) is 0 Å². The van der Waals surface area contributed by atoms with Crippen LogP contribution in [-0.4, -0.2) is 62.4 Å². The zero-order chi connectivity index (χ0) is 22.6. The molecule has 4 rings (SSSR count). The van der Waals surface area contributed by atoms with Crippen LogP contribution in [0, 0.1) is 0 Å². The Balaban J connectivity index is 0.00000204. The van der Waals surface area contributed by atoms with Crippen molar-refractivity contribution in [3.05, 3.63) is 95.6 Å². The summed E-state index contributed by atoms with van der Waals surface area (Å²) in [7, 11) is 5.42. The molecule has 1 heterocycles. The maximum Gasteiger partial charge on any atom is 0.128 e. The van der Waals surface area contributed by atoms with Crippen molar-refractivity contribution in [3.8, 4) is 11.5 Å². The van der Waals surface area contributed by atoms with Gasteiger partial charge in [0.15, 0.2) is 0 Å². The van der Waals surface area contributed by atoms with E-state index in [9.17, 15) is 5.11 Å². The Bertz CT molecular complexity index is 981. The molecule has 1 aliphatic rings. The van der Waals surface area contributed by atoms with Crippen molar-refractivity contribution in [2.75, 3.05) is 47.4 Å². The van der Waals surface area contributed by atoms with Crippen LogP contribution in [0.5, 0.6) is 11.5 Å². The molecule has 0 bridgehead atoms. The number of likely N-dealkylation sites (N-methyl/N-ethyl adjacent to an activating group) is 1. The molecule has 3 aromatic carbocycles. The summed E-state index contributed by atoms with van der Waals surface area (Å²) in [6.07, 6.45) is -0.703. The lowest BCUT2D eigenvalue weighted by atomic mass is 9.79. The average molecular weight is 505 g/mol. The van der Waals surface area contributed by atoms with E-state index >= 15 is 0 Å². The van der Waals surface area contributed by atoms with Gasteiger partial charge >= 0.3 is 0 Å². The second kappa shape index (κ2) is 12.4. The molecule has 1 aliphatic heterocycles. The Morgan fingerprint density at radius 3 is 1.97 bits per heavy atom. The van der Waals surface area contributed by atoms with E-state index < -0.39 is 6.10 Å². The number of ether oxygens (including phenoxy) is 2. The van der Waals surface area contributed by atoms with Gasteiger partial charge in [0.1, 0.15) is 11.5 Å². The van der Waals surface area contributed by atoms with E-state index in [1.165, 1.54) is 11.1 Å². The van der Waals surface area contributed by atoms with E-state index in [-0.39, 0.29) is 30.4 Å². The molecule has 0 spiro atoms. The number of hydrogen-bond donors (Lipinski definition) is 1. The van der Waals surface area contributed by atoms with Gasteiger partial charge in [-0.15, -0.1) is 24.8 Å². The van der Waals surface area contributed by atoms with E-state index in [4.69, 9.17) is 9.47 Å². The molecule has 0 aliphatic carbocycles. The summed E-state index contributed by atoms with van der Waals surface area (Å²) in [5.74, 6) is 1.34. The van der Waals surface area contributed by atoms with Gasteiger partial charge in [-0.3, -0.25) is 4.90 Å². The van der Waals surface area contributed by atoms with Crippen molar-refractivity contribution in [1.82, 2.24) is 9.80 Å². The third-order valence-corrected chi connectivity index (χ3v) is 6.49. The third kappa shape index (κ3) is 5.51. The number of aliphatic hydroxyl groups is 1. The largest absolute Gasteiger partial charge is 0.497 e. The summed E-state index contributed by atoms with van der Waals surface area (Å²) in [6, 6.07) is 26.8. The monoisotopic (exact) mass is 504 g/mol. The van der Waals surface area contributed by atoms with Gasteiger partial charge in [-0.2, -0.15) is 0 Å². The summed E-state index contributed by atoms with van der Waals surface area (Å²) >= 11 is 0. The maximum atomic E-state index is 11.4. The van der Waals surface area contributed by atoms with Gasteiger partial charge in [-0.05, 0) is 30.3 Å². The number of halogens is 2. The van der Waals surface area contributed by atoms with Crippen LogP contribution in [-0.2, 0) is 5.54 Å². The molecule has 1 unspecified atom stereocenters. The van der Waals surface area contributed by atoms with Crippen molar-refractivity contribution in [2.45, 2.75) is 11.6 Å². The van der Waals surface area contributed by atoms with Crippen molar-refractivity contribution in [1.29, 1.82) is 0 Å². The topological polar surface area (TPSA) is 45.2 Å². The fourth-order valence-electron chi connectivity index (χ4n) is 4.84. The average Bonchev–Trinajstić information content (AvgIpc) is 2.85. The first-order chi connectivity index (χ1) is 15.6. The molecular formula is C27H34Cl2N2O3. The number of nitrogens with zero attached hydrogens (tertiary/aromatic N) is 2. The predicted octanol–water partition coefficient (Wildman–Crippen LogP) is 4.77. The predicted molar refractivity (Wildman–Crippen MR) is 142 cm³/mol. The first-order valence-corrected chi connectivity index (χ1v) is 11.0. The second-order valence-electron chi connectivity index (χ2n) is 8.40. The van der Waals surface area contributed by atoms with Gasteiger partial charge in [-0.25, -0.2) is 0 Å². The van der Waals surface area contributed by atoms with Crippen molar-refractivity contribution in [3.63, 3.8) is 0 Å². The number of benzene rings is 3. The SMILES string of the molecule is COc1ccc(C(O)CN2CCN(C)CC2(c2ccccc2)c2ccccc2)c(OC)c1.Cl.Cl. The minimum Gasteiger partial charge on any atom is -0.497 e. The molecule has 1 saturated heterocycles. The van der Waals surface area contributed by atoms with Crippen LogP contribution < -0.4 is 9.47 Å². The van der Waals surface area contributed by atoms with E-state index in [1.807, 2.05) is 18.2 Å². The molecule has 0 saturated carbocycles. The molecule has 1 N–H and O–H groups in total. The van der Waals surface area contributed by atoms with Crippen LogP contribution in [0.2, 0.25) is 0 Å². The highest BCUT2D eigenvalue weighted by Gasteiger charge is 2.44. The number of piperazine rings is 1. The molecule has 5 nitrogen and oxygen atoms in total. The summed E-state index contributed by atoms with van der Waals surface area (Å²) in [6.45, 7) is 3.11. The van der Waals surface area contributed by atoms with E-state index in [1.54, 1.807) is 14.2 Å². The van der Waals surface area contributed by atoms with E-state index in [0.29, 0.717) is 18.0 Å². The summed E-state index contributed by atoms with van der Waals surface area (Å²) in [5, 5.41) is 11.4. The zero-order valence-corrected chi connectivity index (χ0v) is 21.5. The highest BCUT2D eigenvalue weighted by molar-refractivity contribution is 5.85. The highest BCUT2D eigenvalue weighted by Crippen LogP contribution is 2.40. The smallest absolute Gasteiger partial charge is 0.128 e. The molecule has 0 amide bonds. The molecule has 7 heteroatoms. The fourth-order valence-corrected chi connectivity index (χ4v) is 4.84. The standard InChI is InChI=1S/C27H32N2O3.2ClH/c1-28-16-17-29(19-25(30)24-15-14-23(31-2)18-26(24)32-3)27(20-28,21-10-6-4-7-11-21)22-12-8-5-9-13-22;;/h4-15,18,25,30H,16-17,19-20H2,1-3H3;2*1H. The Morgan fingerprint density at radius 1 is 0.853 bits per heavy atom. The lowest BCUT2D eigenvalue weighted by Crippen LogP contribution is -2.60. The third-order valence-electron chi connectivity index (χ3n) is 6.49. The van der Waals surface area contributed by atoms with Crippen molar-refractivity contribution < 1.29 is 14.6 Å². The Morgan fingerprint density at radius 2 is 1.44 bits per heavy atom. The molecule has 1 atom stereocenters. The van der Waals surface area contributed by atoms with Crippen LogP contribution in [0.3, 0.4) is 0 Å². The second-order valence-corrected chi connectivity index (χ2v) is 8.40. The van der Waals surface area contributed by atoms with Crippen LogP contribution in [0.25, 0.3) is 0 Å². The normalized spacial score (nSPS) is 16.6. The van der Waals surface area contributed by atoms with Crippen molar-refractivity contribution in [2.24, 2.45) is 0 Å². The van der Waals surface area contributed by atoms with E-state index in [0.717, 1.165) is 25.2 Å². The number of rotatable bonds is 7. The summed E-state index contributed by atoms with van der Waals surface area (Å²) in [5.41, 5.74) is 2.86. The number of methoxy groups -OCH3 is 2. The van der Waals surface area contributed by atoms with Gasteiger partial charge < -0.3 is 19.5 Å². The van der Waals surface area contributed by atoms with Gasteiger partial charge in [0.25, 0.3) is 0 Å². The summed E-state index contributed by atoms with van der Waals surface area (Å²) < 4.78 is 10.9. The Kier molecular flexibility index (Phi) is 10.2.